The SMILES string of the molecule is CC1OCCC1NC(=O)NC(CO)Cc1ccccc1. The van der Waals surface area contributed by atoms with Gasteiger partial charge < -0.3 is 20.5 Å². The van der Waals surface area contributed by atoms with Crippen molar-refractivity contribution < 1.29 is 14.6 Å². The first-order valence-corrected chi connectivity index (χ1v) is 7.02. The second kappa shape index (κ2) is 7.26. The van der Waals surface area contributed by atoms with E-state index in [-0.39, 0.29) is 30.8 Å². The molecule has 1 aromatic rings. The van der Waals surface area contributed by atoms with Crippen LogP contribution < -0.4 is 10.6 Å². The highest BCUT2D eigenvalue weighted by molar-refractivity contribution is 5.74. The Bertz CT molecular complexity index is 424. The standard InChI is InChI=1S/C15H22N2O3/c1-11-14(7-8-20-11)17-15(19)16-13(10-18)9-12-5-3-2-4-6-12/h2-6,11,13-14,18H,7-10H2,1H3,(H2,16,17,19). The second-order valence-corrected chi connectivity index (χ2v) is 5.16. The molecule has 1 aliphatic heterocycles. The average Bonchev–Trinajstić information content (AvgIpc) is 2.84. The zero-order valence-electron chi connectivity index (χ0n) is 11.7. The van der Waals surface area contributed by atoms with Gasteiger partial charge in [0.05, 0.1) is 24.8 Å². The summed E-state index contributed by atoms with van der Waals surface area (Å²) in [4.78, 5) is 11.9. The van der Waals surface area contributed by atoms with Crippen molar-refractivity contribution in [3.05, 3.63) is 35.9 Å². The Morgan fingerprint density at radius 2 is 2.20 bits per heavy atom. The van der Waals surface area contributed by atoms with Crippen molar-refractivity contribution in [2.75, 3.05) is 13.2 Å². The van der Waals surface area contributed by atoms with Crippen LogP contribution in [0.2, 0.25) is 0 Å². The Morgan fingerprint density at radius 3 is 2.80 bits per heavy atom. The zero-order valence-corrected chi connectivity index (χ0v) is 11.7. The van der Waals surface area contributed by atoms with Gasteiger partial charge in [0.25, 0.3) is 0 Å². The van der Waals surface area contributed by atoms with Crippen molar-refractivity contribution in [2.24, 2.45) is 0 Å². The number of benzene rings is 1. The van der Waals surface area contributed by atoms with Gasteiger partial charge in [-0.15, -0.1) is 0 Å². The number of hydrogen-bond donors (Lipinski definition) is 3. The summed E-state index contributed by atoms with van der Waals surface area (Å²) >= 11 is 0. The van der Waals surface area contributed by atoms with Crippen LogP contribution in [0.3, 0.4) is 0 Å². The van der Waals surface area contributed by atoms with Crippen LogP contribution in [0.5, 0.6) is 0 Å². The summed E-state index contributed by atoms with van der Waals surface area (Å²) in [5.74, 6) is 0. The number of aliphatic hydroxyl groups is 1. The molecule has 0 saturated carbocycles. The van der Waals surface area contributed by atoms with E-state index in [1.54, 1.807) is 0 Å². The van der Waals surface area contributed by atoms with Gasteiger partial charge in [0.2, 0.25) is 0 Å². The number of hydrogen-bond acceptors (Lipinski definition) is 3. The number of urea groups is 1. The molecule has 0 aromatic heterocycles. The first-order valence-electron chi connectivity index (χ1n) is 7.02. The fraction of sp³-hybridized carbons (Fsp3) is 0.533. The Balaban J connectivity index is 1.81. The minimum atomic E-state index is -0.282. The van der Waals surface area contributed by atoms with Crippen LogP contribution in [-0.4, -0.2) is 42.5 Å². The summed E-state index contributed by atoms with van der Waals surface area (Å²) in [6.07, 6.45) is 1.49. The molecule has 1 fully saturated rings. The van der Waals surface area contributed by atoms with Crippen molar-refractivity contribution in [1.82, 2.24) is 10.6 Å². The summed E-state index contributed by atoms with van der Waals surface area (Å²) in [5, 5.41) is 15.1. The molecular formula is C15H22N2O3. The summed E-state index contributed by atoms with van der Waals surface area (Å²) in [6, 6.07) is 9.31. The molecule has 1 heterocycles. The Kier molecular flexibility index (Phi) is 5.38. The van der Waals surface area contributed by atoms with Gasteiger partial charge in [0, 0.05) is 6.61 Å². The molecule has 1 saturated heterocycles. The molecular weight excluding hydrogens is 256 g/mol. The largest absolute Gasteiger partial charge is 0.394 e. The molecule has 2 rings (SSSR count). The summed E-state index contributed by atoms with van der Waals surface area (Å²) in [6.45, 7) is 2.55. The van der Waals surface area contributed by atoms with Gasteiger partial charge in [-0.05, 0) is 25.3 Å². The van der Waals surface area contributed by atoms with Crippen LogP contribution in [0, 0.1) is 0 Å². The summed E-state index contributed by atoms with van der Waals surface area (Å²) in [7, 11) is 0. The summed E-state index contributed by atoms with van der Waals surface area (Å²) < 4.78 is 5.40. The molecule has 0 radical (unpaired) electrons. The molecule has 5 heteroatoms. The summed E-state index contributed by atoms with van der Waals surface area (Å²) in [5.41, 5.74) is 1.09. The topological polar surface area (TPSA) is 70.6 Å². The van der Waals surface area contributed by atoms with Gasteiger partial charge in [-0.25, -0.2) is 4.79 Å². The quantitative estimate of drug-likeness (QED) is 0.754. The van der Waals surface area contributed by atoms with Crippen LogP contribution >= 0.6 is 0 Å². The average molecular weight is 278 g/mol. The third-order valence-electron chi connectivity index (χ3n) is 3.57. The van der Waals surface area contributed by atoms with Gasteiger partial charge >= 0.3 is 6.03 Å². The molecule has 110 valence electrons. The lowest BCUT2D eigenvalue weighted by atomic mass is 10.1. The molecule has 3 unspecified atom stereocenters. The van der Waals surface area contributed by atoms with Crippen LogP contribution in [0.1, 0.15) is 18.9 Å². The van der Waals surface area contributed by atoms with Crippen molar-refractivity contribution in [2.45, 2.75) is 38.0 Å². The maximum atomic E-state index is 11.9. The predicted octanol–water partition coefficient (Wildman–Crippen LogP) is 1.07. The van der Waals surface area contributed by atoms with Crippen LogP contribution in [-0.2, 0) is 11.2 Å². The van der Waals surface area contributed by atoms with E-state index in [1.807, 2.05) is 37.3 Å². The maximum absolute atomic E-state index is 11.9. The Hall–Kier alpha value is -1.59. The molecule has 3 atom stereocenters. The van der Waals surface area contributed by atoms with E-state index in [2.05, 4.69) is 10.6 Å². The minimum absolute atomic E-state index is 0.0439. The molecule has 2 amide bonds. The maximum Gasteiger partial charge on any atom is 0.315 e. The van der Waals surface area contributed by atoms with E-state index in [9.17, 15) is 9.90 Å². The van der Waals surface area contributed by atoms with Crippen LogP contribution in [0.4, 0.5) is 4.79 Å². The fourth-order valence-corrected chi connectivity index (χ4v) is 2.38. The highest BCUT2D eigenvalue weighted by Gasteiger charge is 2.26. The van der Waals surface area contributed by atoms with E-state index in [4.69, 9.17) is 4.74 Å². The Labute approximate surface area is 119 Å². The van der Waals surface area contributed by atoms with E-state index < -0.39 is 0 Å². The second-order valence-electron chi connectivity index (χ2n) is 5.16. The van der Waals surface area contributed by atoms with Gasteiger partial charge in [-0.3, -0.25) is 0 Å². The molecule has 0 bridgehead atoms. The molecule has 1 aliphatic rings. The van der Waals surface area contributed by atoms with Crippen molar-refractivity contribution in [3.63, 3.8) is 0 Å². The van der Waals surface area contributed by atoms with Gasteiger partial charge in [-0.2, -0.15) is 0 Å². The fourth-order valence-electron chi connectivity index (χ4n) is 2.38. The Morgan fingerprint density at radius 1 is 1.45 bits per heavy atom. The molecule has 3 N–H and O–H groups in total. The van der Waals surface area contributed by atoms with E-state index in [0.717, 1.165) is 12.0 Å². The highest BCUT2D eigenvalue weighted by atomic mass is 16.5. The van der Waals surface area contributed by atoms with E-state index in [0.29, 0.717) is 13.0 Å². The van der Waals surface area contributed by atoms with Crippen molar-refractivity contribution in [1.29, 1.82) is 0 Å². The number of carbonyl (C=O) groups excluding carboxylic acids is 1. The van der Waals surface area contributed by atoms with Gasteiger partial charge in [-0.1, -0.05) is 30.3 Å². The van der Waals surface area contributed by atoms with Gasteiger partial charge in [0.15, 0.2) is 0 Å². The molecule has 5 nitrogen and oxygen atoms in total. The number of ether oxygens (including phenoxy) is 1. The van der Waals surface area contributed by atoms with Crippen molar-refractivity contribution >= 4 is 6.03 Å². The zero-order chi connectivity index (χ0) is 14.4. The number of rotatable bonds is 5. The lowest BCUT2D eigenvalue weighted by Crippen LogP contribution is -2.49. The predicted molar refractivity (Wildman–Crippen MR) is 76.5 cm³/mol. The lowest BCUT2D eigenvalue weighted by Gasteiger charge is -2.20. The minimum Gasteiger partial charge on any atom is -0.394 e. The monoisotopic (exact) mass is 278 g/mol. The van der Waals surface area contributed by atoms with Gasteiger partial charge in [0.1, 0.15) is 0 Å². The number of carbonyl (C=O) groups is 1. The molecule has 0 aliphatic carbocycles. The lowest BCUT2D eigenvalue weighted by molar-refractivity contribution is 0.114. The van der Waals surface area contributed by atoms with Crippen molar-refractivity contribution in [3.8, 4) is 0 Å². The smallest absolute Gasteiger partial charge is 0.315 e. The normalized spacial score (nSPS) is 23.3. The number of aliphatic hydroxyl groups excluding tert-OH is 1. The third kappa shape index (κ3) is 4.21. The van der Waals surface area contributed by atoms with E-state index >= 15 is 0 Å². The first kappa shape index (κ1) is 14.8. The number of amides is 2. The van der Waals surface area contributed by atoms with Crippen LogP contribution in [0.15, 0.2) is 30.3 Å². The molecule has 0 spiro atoms. The molecule has 20 heavy (non-hydrogen) atoms. The van der Waals surface area contributed by atoms with E-state index in [1.165, 1.54) is 0 Å². The number of nitrogens with one attached hydrogen (secondary N) is 2. The molecule has 1 aromatic carbocycles. The van der Waals surface area contributed by atoms with Crippen LogP contribution in [0.25, 0.3) is 0 Å². The first-order chi connectivity index (χ1) is 9.69. The highest BCUT2D eigenvalue weighted by Crippen LogP contribution is 2.12. The third-order valence-corrected chi connectivity index (χ3v) is 3.57.